The highest BCUT2D eigenvalue weighted by Gasteiger charge is 2.61. The highest BCUT2D eigenvalue weighted by Crippen LogP contribution is 2.51. The van der Waals surface area contributed by atoms with E-state index in [1.165, 1.54) is 30.6 Å². The molecule has 3 aromatic rings. The van der Waals surface area contributed by atoms with Crippen LogP contribution >= 0.6 is 11.3 Å². The van der Waals surface area contributed by atoms with Gasteiger partial charge in [0.05, 0.1) is 29.3 Å². The normalized spacial score (nSPS) is 22.2. The SMILES string of the molecule is COC(=O)c1c(N2C(=O)[C@H]3[C@@H](ON(c4ccccc4C)[C@H]3c3ccc([N+](=O)[O-])cc3)C2=O)sc2c1CCCC2. The van der Waals surface area contributed by atoms with Gasteiger partial charge in [0, 0.05) is 17.0 Å². The molecule has 1 aromatic heterocycles. The molecule has 3 heterocycles. The van der Waals surface area contributed by atoms with Gasteiger partial charge in [-0.3, -0.25) is 24.5 Å². The zero-order valence-corrected chi connectivity index (χ0v) is 22.1. The summed E-state index contributed by atoms with van der Waals surface area (Å²) in [6.07, 6.45) is 2.22. The average molecular weight is 548 g/mol. The number of benzene rings is 2. The van der Waals surface area contributed by atoms with E-state index < -0.39 is 40.8 Å². The van der Waals surface area contributed by atoms with Gasteiger partial charge in [0.2, 0.25) is 5.91 Å². The van der Waals surface area contributed by atoms with Crippen molar-refractivity contribution >= 4 is 45.5 Å². The maximum absolute atomic E-state index is 14.1. The first-order valence-corrected chi connectivity index (χ1v) is 13.5. The van der Waals surface area contributed by atoms with E-state index in [4.69, 9.17) is 9.57 Å². The minimum atomic E-state index is -1.12. The molecule has 0 unspecified atom stereocenters. The summed E-state index contributed by atoms with van der Waals surface area (Å²) in [5.41, 5.74) is 3.20. The molecule has 2 aromatic carbocycles. The third-order valence-corrected chi connectivity index (χ3v) is 8.94. The molecule has 6 rings (SSSR count). The van der Waals surface area contributed by atoms with Crippen LogP contribution in [0.5, 0.6) is 0 Å². The van der Waals surface area contributed by atoms with Gasteiger partial charge in [0.15, 0.2) is 6.10 Å². The number of rotatable bonds is 5. The number of hydrogen-bond acceptors (Lipinski definition) is 9. The zero-order chi connectivity index (χ0) is 27.4. The van der Waals surface area contributed by atoms with Crippen molar-refractivity contribution in [3.8, 4) is 0 Å². The summed E-state index contributed by atoms with van der Waals surface area (Å²) in [4.78, 5) is 60.0. The second kappa shape index (κ2) is 9.58. The predicted molar refractivity (Wildman–Crippen MR) is 143 cm³/mol. The lowest BCUT2D eigenvalue weighted by Crippen LogP contribution is -2.38. The predicted octanol–water partition coefficient (Wildman–Crippen LogP) is 4.68. The van der Waals surface area contributed by atoms with Crippen LogP contribution in [0.15, 0.2) is 48.5 Å². The molecule has 10 nitrogen and oxygen atoms in total. The highest BCUT2D eigenvalue weighted by molar-refractivity contribution is 7.17. The number of anilines is 2. The molecule has 1 aliphatic carbocycles. The van der Waals surface area contributed by atoms with Gasteiger partial charge in [-0.25, -0.2) is 14.8 Å². The first-order chi connectivity index (χ1) is 18.8. The van der Waals surface area contributed by atoms with E-state index in [0.29, 0.717) is 17.7 Å². The molecule has 200 valence electrons. The van der Waals surface area contributed by atoms with Crippen LogP contribution in [-0.4, -0.2) is 35.9 Å². The van der Waals surface area contributed by atoms with Crippen molar-refractivity contribution in [1.29, 1.82) is 0 Å². The molecule has 0 N–H and O–H groups in total. The number of carbonyl (C=O) groups excluding carboxylic acids is 3. The van der Waals surface area contributed by atoms with Gasteiger partial charge in [-0.2, -0.15) is 0 Å². The number of carbonyl (C=O) groups is 3. The third kappa shape index (κ3) is 3.92. The van der Waals surface area contributed by atoms with Crippen molar-refractivity contribution in [1.82, 2.24) is 0 Å². The Morgan fingerprint density at radius 3 is 2.49 bits per heavy atom. The zero-order valence-electron chi connectivity index (χ0n) is 21.3. The molecule has 0 radical (unpaired) electrons. The largest absolute Gasteiger partial charge is 0.465 e. The Morgan fingerprint density at radius 2 is 1.79 bits per heavy atom. The summed E-state index contributed by atoms with van der Waals surface area (Å²) in [7, 11) is 1.29. The lowest BCUT2D eigenvalue weighted by molar-refractivity contribution is -0.384. The highest BCUT2D eigenvalue weighted by atomic mass is 32.1. The van der Waals surface area contributed by atoms with E-state index >= 15 is 0 Å². The molecule has 2 aliphatic heterocycles. The van der Waals surface area contributed by atoms with Crippen LogP contribution in [0.3, 0.4) is 0 Å². The van der Waals surface area contributed by atoms with E-state index in [9.17, 15) is 24.5 Å². The Balaban J connectivity index is 1.46. The number of imide groups is 1. The van der Waals surface area contributed by atoms with Crippen LogP contribution in [0.1, 0.15) is 50.8 Å². The fourth-order valence-corrected chi connectivity index (χ4v) is 7.17. The molecule has 11 heteroatoms. The summed E-state index contributed by atoms with van der Waals surface area (Å²) >= 11 is 1.29. The minimum Gasteiger partial charge on any atom is -0.465 e. The monoisotopic (exact) mass is 547 g/mol. The molecular weight excluding hydrogens is 522 g/mol. The van der Waals surface area contributed by atoms with E-state index in [2.05, 4.69) is 0 Å². The Morgan fingerprint density at radius 1 is 1.08 bits per heavy atom. The summed E-state index contributed by atoms with van der Waals surface area (Å²) in [5.74, 6) is -2.52. The van der Waals surface area contributed by atoms with Crippen LogP contribution < -0.4 is 9.96 Å². The minimum absolute atomic E-state index is 0.0843. The van der Waals surface area contributed by atoms with Crippen molar-refractivity contribution in [3.63, 3.8) is 0 Å². The van der Waals surface area contributed by atoms with Gasteiger partial charge >= 0.3 is 5.97 Å². The van der Waals surface area contributed by atoms with Crippen molar-refractivity contribution in [2.24, 2.45) is 5.92 Å². The standard InChI is InChI=1S/C28H25N3O7S/c1-15-7-3-5-9-19(15)30-23(16-11-13-17(14-12-16)31(35)36)22-24(38-30)26(33)29(25(22)32)27-21(28(34)37-2)18-8-4-6-10-20(18)39-27/h3,5,7,9,11-14,22-24H,4,6,8,10H2,1-2H3/t22-,23+,24-/m1/s1. The molecule has 39 heavy (non-hydrogen) atoms. The number of esters is 1. The van der Waals surface area contributed by atoms with Crippen LogP contribution in [0.25, 0.3) is 0 Å². The Bertz CT molecular complexity index is 1520. The summed E-state index contributed by atoms with van der Waals surface area (Å²) in [6, 6.07) is 12.6. The molecule has 3 aliphatic rings. The van der Waals surface area contributed by atoms with Crippen molar-refractivity contribution < 1.29 is 28.9 Å². The summed E-state index contributed by atoms with van der Waals surface area (Å²) in [5, 5.41) is 13.1. The Labute approximate surface area is 227 Å². The molecule has 2 saturated heterocycles. The molecule has 0 bridgehead atoms. The third-order valence-electron chi connectivity index (χ3n) is 7.66. The Hall–Kier alpha value is -4.09. The van der Waals surface area contributed by atoms with Crippen LogP contribution in [0.4, 0.5) is 16.4 Å². The number of thiophene rings is 1. The Kier molecular flexibility index (Phi) is 6.19. The number of nitro groups is 1. The number of fused-ring (bicyclic) bond motifs is 2. The van der Waals surface area contributed by atoms with Gasteiger partial charge < -0.3 is 4.74 Å². The first-order valence-electron chi connectivity index (χ1n) is 12.7. The van der Waals surface area contributed by atoms with Crippen molar-refractivity contribution in [3.05, 3.63) is 85.8 Å². The van der Waals surface area contributed by atoms with E-state index in [1.54, 1.807) is 17.2 Å². The van der Waals surface area contributed by atoms with E-state index in [0.717, 1.165) is 40.2 Å². The smallest absolute Gasteiger partial charge is 0.341 e. The molecule has 2 amide bonds. The van der Waals surface area contributed by atoms with Gasteiger partial charge in [0.1, 0.15) is 10.9 Å². The van der Waals surface area contributed by atoms with Gasteiger partial charge in [-0.1, -0.05) is 30.3 Å². The average Bonchev–Trinajstić information content (AvgIpc) is 3.58. The van der Waals surface area contributed by atoms with Gasteiger partial charge in [-0.05, 0) is 55.4 Å². The lowest BCUT2D eigenvalue weighted by atomic mass is 9.90. The fourth-order valence-electron chi connectivity index (χ4n) is 5.79. The van der Waals surface area contributed by atoms with Crippen LogP contribution in [0.2, 0.25) is 0 Å². The number of methoxy groups -OCH3 is 1. The second-order valence-electron chi connectivity index (χ2n) is 9.85. The number of hydrogen-bond donors (Lipinski definition) is 0. The molecule has 2 fully saturated rings. The number of hydroxylamine groups is 1. The van der Waals surface area contributed by atoms with Gasteiger partial charge in [-0.15, -0.1) is 11.3 Å². The number of ether oxygens (including phenoxy) is 1. The van der Waals surface area contributed by atoms with Crippen LogP contribution in [0, 0.1) is 23.0 Å². The molecular formula is C28H25N3O7S. The summed E-state index contributed by atoms with van der Waals surface area (Å²) in [6.45, 7) is 1.90. The molecule has 0 spiro atoms. The van der Waals surface area contributed by atoms with E-state index in [1.807, 2.05) is 31.2 Å². The van der Waals surface area contributed by atoms with E-state index in [-0.39, 0.29) is 16.3 Å². The summed E-state index contributed by atoms with van der Waals surface area (Å²) < 4.78 is 5.06. The van der Waals surface area contributed by atoms with Crippen molar-refractivity contribution in [2.45, 2.75) is 44.8 Å². The topological polar surface area (TPSA) is 119 Å². The number of nitrogens with zero attached hydrogens (tertiary/aromatic N) is 3. The molecule has 0 saturated carbocycles. The maximum Gasteiger partial charge on any atom is 0.341 e. The van der Waals surface area contributed by atoms with Crippen LogP contribution in [-0.2, 0) is 32.0 Å². The fraction of sp³-hybridized carbons (Fsp3) is 0.321. The number of para-hydroxylation sites is 1. The lowest BCUT2D eigenvalue weighted by Gasteiger charge is -2.29. The number of aryl methyl sites for hydroxylation is 2. The number of non-ortho nitro benzene ring substituents is 1. The molecule has 3 atom stereocenters. The van der Waals surface area contributed by atoms with Gasteiger partial charge in [0.25, 0.3) is 11.6 Å². The first kappa shape index (κ1) is 25.2. The number of nitro benzene ring substituents is 1. The quantitative estimate of drug-likeness (QED) is 0.195. The maximum atomic E-state index is 14.1. The second-order valence-corrected chi connectivity index (χ2v) is 10.9. The number of amides is 2. The van der Waals surface area contributed by atoms with Crippen molar-refractivity contribution in [2.75, 3.05) is 17.1 Å².